The zero-order valence-corrected chi connectivity index (χ0v) is 35.8. The molecule has 8 rings (SSSR count). The van der Waals surface area contributed by atoms with Gasteiger partial charge in [0.2, 0.25) is 11.8 Å². The molecule has 20 heteroatoms. The van der Waals surface area contributed by atoms with Gasteiger partial charge in [-0.3, -0.25) is 28.8 Å². The van der Waals surface area contributed by atoms with Crippen molar-refractivity contribution in [1.82, 2.24) is 36.4 Å². The van der Waals surface area contributed by atoms with Crippen LogP contribution >= 0.6 is 22.7 Å². The Kier molecular flexibility index (Phi) is 11.4. The van der Waals surface area contributed by atoms with Crippen LogP contribution in [-0.4, -0.2) is 141 Å². The first-order chi connectivity index (χ1) is 29.1. The zero-order chi connectivity index (χ0) is 43.3. The maximum Gasteiger partial charge on any atom is 0.263 e. The van der Waals surface area contributed by atoms with E-state index in [-0.39, 0.29) is 59.8 Å². The molecule has 4 aliphatic heterocycles. The van der Waals surface area contributed by atoms with Crippen LogP contribution in [0.15, 0.2) is 61.7 Å². The first-order valence-electron chi connectivity index (χ1n) is 19.7. The Balaban J connectivity index is 0.973. The van der Waals surface area contributed by atoms with E-state index in [0.717, 1.165) is 20.9 Å². The monoisotopic (exact) mass is 887 g/mol. The van der Waals surface area contributed by atoms with E-state index in [1.807, 2.05) is 24.9 Å². The molecule has 2 aromatic heterocycles. The summed E-state index contributed by atoms with van der Waals surface area (Å²) in [5, 5.41) is 22.6. The van der Waals surface area contributed by atoms with Gasteiger partial charge < -0.3 is 47.0 Å². The highest BCUT2D eigenvalue weighted by molar-refractivity contribution is 7.91. The molecule has 6 amide bonds. The number of thiophene rings is 2. The van der Waals surface area contributed by atoms with Gasteiger partial charge in [0.05, 0.1) is 53.1 Å². The number of nitrogens with one attached hydrogen (secondary N) is 7. The summed E-state index contributed by atoms with van der Waals surface area (Å²) in [5.41, 5.74) is 1.87. The number of amides is 6. The number of benzene rings is 2. The van der Waals surface area contributed by atoms with Crippen LogP contribution in [0.5, 0.6) is 0 Å². The van der Waals surface area contributed by atoms with E-state index in [2.05, 4.69) is 50.4 Å². The Morgan fingerprint density at radius 1 is 0.803 bits per heavy atom. The van der Waals surface area contributed by atoms with Gasteiger partial charge in [0.25, 0.3) is 23.6 Å². The molecule has 320 valence electrons. The van der Waals surface area contributed by atoms with Gasteiger partial charge in [-0.1, -0.05) is 13.2 Å². The van der Waals surface area contributed by atoms with E-state index in [0.29, 0.717) is 51.7 Å². The fourth-order valence-corrected chi connectivity index (χ4v) is 12.4. The third-order valence-electron chi connectivity index (χ3n) is 11.4. The Bertz CT molecular complexity index is 2640. The smallest absolute Gasteiger partial charge is 0.263 e. The molecule has 61 heavy (non-hydrogen) atoms. The molecule has 17 nitrogen and oxygen atoms in total. The number of likely N-dealkylation sites (tertiary alicyclic amines) is 1. The standard InChI is InChI=1S/C41H45N9O8S3/c1-5-32(51)46-27-18-61(57,58)19-28(27)48-39(54)22-8-10-31-25(12-22)35-37(60-31)41(56)45-23(14-43-35)15-50(33(52)6-2)29-17-49(4)16-26(29)47-38(53)21-7-9-30-24(11-21)34-36(59-30)40(55)44-20(3)13-42-34/h5-12,20,23,26-29,42-43H,1-2,13-19H2,3-4H3,(H,44,55)(H,45,56)(H,46,51)(H,47,53)(H,48,54)/t20-,23+,26+,27+,28-,29-/m1/s1. The minimum Gasteiger partial charge on any atom is -0.381 e. The lowest BCUT2D eigenvalue weighted by Gasteiger charge is -2.34. The summed E-state index contributed by atoms with van der Waals surface area (Å²) < 4.78 is 26.4. The minimum absolute atomic E-state index is 0.0568. The number of likely N-dealkylation sites (N-methyl/N-ethyl adjacent to an activating group) is 1. The van der Waals surface area contributed by atoms with Crippen LogP contribution in [-0.2, 0) is 19.4 Å². The first-order valence-corrected chi connectivity index (χ1v) is 23.2. The van der Waals surface area contributed by atoms with Crippen LogP contribution < -0.4 is 37.2 Å². The van der Waals surface area contributed by atoms with Crippen molar-refractivity contribution in [2.45, 2.75) is 43.2 Å². The number of hydrogen-bond donors (Lipinski definition) is 7. The third-order valence-corrected chi connectivity index (χ3v) is 15.5. The van der Waals surface area contributed by atoms with Crippen molar-refractivity contribution < 1.29 is 37.2 Å². The molecule has 0 saturated carbocycles. The molecule has 0 aliphatic carbocycles. The van der Waals surface area contributed by atoms with Crippen LogP contribution in [0.4, 0.5) is 11.4 Å². The molecule has 2 aromatic carbocycles. The lowest BCUT2D eigenvalue weighted by atomic mass is 10.1. The second kappa shape index (κ2) is 16.6. The second-order valence-electron chi connectivity index (χ2n) is 15.9. The number of carbonyl (C=O) groups excluding carboxylic acids is 6. The largest absolute Gasteiger partial charge is 0.381 e. The summed E-state index contributed by atoms with van der Waals surface area (Å²) in [7, 11) is -1.61. The fraction of sp³-hybridized carbons (Fsp3) is 0.366. The quantitative estimate of drug-likeness (QED) is 0.113. The van der Waals surface area contributed by atoms with Crippen molar-refractivity contribution in [2.75, 3.05) is 61.9 Å². The van der Waals surface area contributed by atoms with Crippen molar-refractivity contribution in [1.29, 1.82) is 0 Å². The van der Waals surface area contributed by atoms with Crippen molar-refractivity contribution in [3.63, 3.8) is 0 Å². The molecule has 6 heterocycles. The van der Waals surface area contributed by atoms with Gasteiger partial charge in [-0.15, -0.1) is 22.7 Å². The van der Waals surface area contributed by atoms with Crippen LogP contribution in [0.1, 0.15) is 47.0 Å². The van der Waals surface area contributed by atoms with Gasteiger partial charge in [0.15, 0.2) is 9.84 Å². The lowest BCUT2D eigenvalue weighted by Crippen LogP contribution is -2.57. The summed E-state index contributed by atoms with van der Waals surface area (Å²) in [6, 6.07) is 7.06. The SMILES string of the molecule is C=CC(=O)N[C@H]1CS(=O)(=O)C[C@H]1NC(=O)c1ccc2sc3c(c2c1)NC[C@@H](CN(C(=O)C=C)[C@@H]1CN(C)C[C@@H]1NC(=O)c1ccc2sc4c(c2c1)NC[C@@H](C)NC4=O)NC3=O. The van der Waals surface area contributed by atoms with Crippen molar-refractivity contribution >= 4 is 99.5 Å². The number of rotatable bonds is 10. The van der Waals surface area contributed by atoms with Crippen molar-refractivity contribution in [3.8, 4) is 0 Å². The summed E-state index contributed by atoms with van der Waals surface area (Å²) in [6.07, 6.45) is 2.26. The predicted molar refractivity (Wildman–Crippen MR) is 235 cm³/mol. The predicted octanol–water partition coefficient (Wildman–Crippen LogP) is 1.51. The van der Waals surface area contributed by atoms with Gasteiger partial charge in [-0.2, -0.15) is 0 Å². The number of nitrogens with zero attached hydrogens (tertiary/aromatic N) is 2. The van der Waals surface area contributed by atoms with E-state index in [1.54, 1.807) is 35.2 Å². The Morgan fingerprint density at radius 3 is 1.95 bits per heavy atom. The highest BCUT2D eigenvalue weighted by Gasteiger charge is 2.41. The van der Waals surface area contributed by atoms with Gasteiger partial charge in [-0.05, 0) is 62.5 Å². The summed E-state index contributed by atoms with van der Waals surface area (Å²) >= 11 is 2.60. The maximum atomic E-state index is 13.9. The van der Waals surface area contributed by atoms with Gasteiger partial charge >= 0.3 is 0 Å². The molecule has 0 unspecified atom stereocenters. The third kappa shape index (κ3) is 8.44. The summed E-state index contributed by atoms with van der Waals surface area (Å²) in [4.78, 5) is 84.1. The summed E-state index contributed by atoms with van der Waals surface area (Å²) in [5.74, 6) is -2.95. The van der Waals surface area contributed by atoms with E-state index in [4.69, 9.17) is 0 Å². The Hall–Kier alpha value is -5.83. The first kappa shape index (κ1) is 41.9. The van der Waals surface area contributed by atoms with Gasteiger partial charge in [0, 0.05) is 70.1 Å². The number of carbonyl (C=O) groups is 6. The molecular formula is C41H45N9O8S3. The number of hydrogen-bond acceptors (Lipinski definition) is 13. The molecule has 0 bridgehead atoms. The normalized spacial score (nSPS) is 24.4. The Morgan fingerprint density at radius 2 is 1.36 bits per heavy atom. The molecule has 4 aliphatic rings. The van der Waals surface area contributed by atoms with Crippen LogP contribution in [0.2, 0.25) is 0 Å². The molecule has 6 atom stereocenters. The zero-order valence-electron chi connectivity index (χ0n) is 33.3. The van der Waals surface area contributed by atoms with Crippen molar-refractivity contribution in [3.05, 3.63) is 82.6 Å². The van der Waals surface area contributed by atoms with Crippen LogP contribution in [0.3, 0.4) is 0 Å². The second-order valence-corrected chi connectivity index (χ2v) is 20.1. The molecule has 0 radical (unpaired) electrons. The number of sulfone groups is 1. The molecular weight excluding hydrogens is 843 g/mol. The fourth-order valence-electron chi connectivity index (χ4n) is 8.44. The molecule has 4 aromatic rings. The Labute approximate surface area is 359 Å². The van der Waals surface area contributed by atoms with Gasteiger partial charge in [-0.25, -0.2) is 8.42 Å². The minimum atomic E-state index is -3.51. The van der Waals surface area contributed by atoms with Crippen molar-refractivity contribution in [2.24, 2.45) is 0 Å². The van der Waals surface area contributed by atoms with E-state index in [1.165, 1.54) is 28.7 Å². The topological polar surface area (TPSA) is 227 Å². The highest BCUT2D eigenvalue weighted by atomic mass is 32.2. The number of anilines is 2. The maximum absolute atomic E-state index is 13.9. The van der Waals surface area contributed by atoms with Crippen LogP contribution in [0.25, 0.3) is 20.2 Å². The van der Waals surface area contributed by atoms with E-state index < -0.39 is 51.9 Å². The lowest BCUT2D eigenvalue weighted by molar-refractivity contribution is -0.128. The average molecular weight is 888 g/mol. The molecule has 2 saturated heterocycles. The van der Waals surface area contributed by atoms with E-state index >= 15 is 0 Å². The summed E-state index contributed by atoms with van der Waals surface area (Å²) in [6.45, 7) is 10.8. The highest BCUT2D eigenvalue weighted by Crippen LogP contribution is 2.39. The van der Waals surface area contributed by atoms with E-state index in [9.17, 15) is 37.2 Å². The average Bonchev–Trinajstić information content (AvgIpc) is 3.92. The molecule has 7 N–H and O–H groups in total. The molecule has 0 spiro atoms. The molecule has 2 fully saturated rings. The van der Waals surface area contributed by atoms with Gasteiger partial charge in [0.1, 0.15) is 9.75 Å². The number of fused-ring (bicyclic) bond motifs is 6. The van der Waals surface area contributed by atoms with Crippen LogP contribution in [0, 0.1) is 0 Å².